The monoisotopic (exact) mass is 347 g/mol. The second-order valence-electron chi connectivity index (χ2n) is 4.06. The van der Waals surface area contributed by atoms with Gasteiger partial charge in [0.05, 0.1) is 0 Å². The van der Waals surface area contributed by atoms with Crippen LogP contribution in [0.25, 0.3) is 0 Å². The second kappa shape index (κ2) is 5.34. The predicted molar refractivity (Wildman–Crippen MR) is 61.5 cm³/mol. The molecular weight excluding hydrogens is 342 g/mol. The van der Waals surface area contributed by atoms with Crippen LogP contribution in [0.2, 0.25) is 0 Å². The minimum absolute atomic E-state index is 0.265. The molecule has 116 valence electrons. The lowest BCUT2D eigenvalue weighted by molar-refractivity contribution is 0.120. The fourth-order valence-corrected chi connectivity index (χ4v) is 2.56. The van der Waals surface area contributed by atoms with Gasteiger partial charge in [-0.1, -0.05) is 0 Å². The Kier molecular flexibility index (Phi) is 4.02. The van der Waals surface area contributed by atoms with Crippen molar-refractivity contribution in [2.24, 2.45) is 0 Å². The molecule has 1 fully saturated rings. The Morgan fingerprint density at radius 3 is 1.86 bits per heavy atom. The first-order valence-electron chi connectivity index (χ1n) is 5.42. The zero-order valence-electron chi connectivity index (χ0n) is 10.00. The van der Waals surface area contributed by atoms with Crippen LogP contribution in [0.4, 0.5) is 22.4 Å². The molecule has 1 aromatic rings. The van der Waals surface area contributed by atoms with E-state index in [0.29, 0.717) is 6.42 Å². The lowest BCUT2D eigenvalue weighted by Gasteiger charge is -2.29. The highest BCUT2D eigenvalue weighted by molar-refractivity contribution is 8.13. The number of halogens is 5. The number of rotatable bonds is 2. The number of nitrogens with zero attached hydrogens (tertiary/aromatic N) is 1. The van der Waals surface area contributed by atoms with Gasteiger partial charge in [0.15, 0.2) is 16.5 Å². The zero-order valence-corrected chi connectivity index (χ0v) is 11.6. The molecule has 1 amide bonds. The largest absolute Gasteiger partial charge is 0.415 e. The number of ether oxygens (including phenoxy) is 1. The van der Waals surface area contributed by atoms with E-state index in [9.17, 15) is 30.8 Å². The van der Waals surface area contributed by atoms with Crippen LogP contribution in [0.3, 0.4) is 0 Å². The summed E-state index contributed by atoms with van der Waals surface area (Å²) in [6.07, 6.45) is -0.564. The van der Waals surface area contributed by atoms with Gasteiger partial charge < -0.3 is 9.64 Å². The number of carbonyl (C=O) groups is 1. The summed E-state index contributed by atoms with van der Waals surface area (Å²) in [5, 5.41) is 0. The van der Waals surface area contributed by atoms with Crippen molar-refractivity contribution in [3.05, 3.63) is 23.3 Å². The van der Waals surface area contributed by atoms with E-state index in [2.05, 4.69) is 4.74 Å². The minimum atomic E-state index is -5.07. The smallest absolute Gasteiger partial charge is 0.404 e. The fourth-order valence-electron chi connectivity index (χ4n) is 1.55. The fraction of sp³-hybridized carbons (Fsp3) is 0.300. The molecule has 0 spiro atoms. The average molecular weight is 348 g/mol. The quantitative estimate of drug-likeness (QED) is 0.468. The van der Waals surface area contributed by atoms with Crippen LogP contribution >= 0.6 is 10.7 Å². The van der Waals surface area contributed by atoms with Crippen LogP contribution in [0.15, 0.2) is 4.90 Å². The first-order chi connectivity index (χ1) is 9.64. The summed E-state index contributed by atoms with van der Waals surface area (Å²) in [6.45, 7) is 0.530. The van der Waals surface area contributed by atoms with E-state index in [4.69, 9.17) is 10.7 Å². The summed E-state index contributed by atoms with van der Waals surface area (Å²) in [6, 6.07) is 0. The molecule has 0 N–H and O–H groups in total. The van der Waals surface area contributed by atoms with Gasteiger partial charge in [-0.25, -0.2) is 22.0 Å². The Morgan fingerprint density at radius 2 is 1.52 bits per heavy atom. The third kappa shape index (κ3) is 2.77. The molecule has 1 saturated heterocycles. The zero-order chi connectivity index (χ0) is 15.9. The van der Waals surface area contributed by atoms with Gasteiger partial charge in [0.25, 0.3) is 9.05 Å². The predicted octanol–water partition coefficient (Wildman–Crippen LogP) is 2.38. The molecule has 11 heteroatoms. The highest BCUT2D eigenvalue weighted by atomic mass is 35.7. The van der Waals surface area contributed by atoms with Crippen molar-refractivity contribution in [3.8, 4) is 5.75 Å². The van der Waals surface area contributed by atoms with Crippen molar-refractivity contribution in [1.82, 2.24) is 4.90 Å². The van der Waals surface area contributed by atoms with Crippen LogP contribution in [-0.2, 0) is 9.05 Å². The molecule has 1 aliphatic rings. The van der Waals surface area contributed by atoms with Crippen molar-refractivity contribution < 1.29 is 35.5 Å². The van der Waals surface area contributed by atoms with Gasteiger partial charge in [0.2, 0.25) is 17.4 Å². The topological polar surface area (TPSA) is 63.7 Å². The highest BCUT2D eigenvalue weighted by Gasteiger charge is 2.35. The van der Waals surface area contributed by atoms with E-state index >= 15 is 0 Å². The number of benzene rings is 1. The highest BCUT2D eigenvalue weighted by Crippen LogP contribution is 2.34. The maximum atomic E-state index is 13.6. The van der Waals surface area contributed by atoms with Crippen LogP contribution < -0.4 is 4.74 Å². The molecule has 0 radical (unpaired) electrons. The molecule has 1 aliphatic heterocycles. The Labute approximate surface area is 120 Å². The number of hydrogen-bond acceptors (Lipinski definition) is 4. The maximum absolute atomic E-state index is 13.6. The summed E-state index contributed by atoms with van der Waals surface area (Å²) in [7, 11) is -0.377. The molecule has 0 atom stereocenters. The van der Waals surface area contributed by atoms with Crippen molar-refractivity contribution >= 4 is 25.8 Å². The SMILES string of the molecule is O=C(Oc1c(F)c(F)c(S(=O)(=O)Cl)c(F)c1F)N1CCC1. The van der Waals surface area contributed by atoms with E-state index in [-0.39, 0.29) is 13.1 Å². The number of carbonyl (C=O) groups excluding carboxylic acids is 1. The Balaban J connectivity index is 2.51. The average Bonchev–Trinajstić information content (AvgIpc) is 2.28. The minimum Gasteiger partial charge on any atom is -0.404 e. The van der Waals surface area contributed by atoms with Gasteiger partial charge in [0.1, 0.15) is 0 Å². The molecule has 5 nitrogen and oxygen atoms in total. The lowest BCUT2D eigenvalue weighted by Crippen LogP contribution is -2.43. The summed E-state index contributed by atoms with van der Waals surface area (Å²) in [5.74, 6) is -10.5. The Morgan fingerprint density at radius 1 is 1.05 bits per heavy atom. The first-order valence-corrected chi connectivity index (χ1v) is 7.73. The van der Waals surface area contributed by atoms with E-state index in [1.165, 1.54) is 0 Å². The van der Waals surface area contributed by atoms with Gasteiger partial charge >= 0.3 is 6.09 Å². The van der Waals surface area contributed by atoms with Crippen LogP contribution in [-0.4, -0.2) is 32.5 Å². The molecule has 0 unspecified atom stereocenters. The molecule has 1 aromatic carbocycles. The van der Waals surface area contributed by atoms with Crippen LogP contribution in [0.5, 0.6) is 5.75 Å². The number of likely N-dealkylation sites (tertiary alicyclic amines) is 1. The van der Waals surface area contributed by atoms with Crippen LogP contribution in [0, 0.1) is 23.3 Å². The molecule has 0 saturated carbocycles. The molecule has 2 rings (SSSR count). The molecule has 0 aliphatic carbocycles. The van der Waals surface area contributed by atoms with Crippen molar-refractivity contribution in [2.45, 2.75) is 11.3 Å². The molecule has 0 bridgehead atoms. The molecule has 0 aromatic heterocycles. The normalized spacial score (nSPS) is 14.8. The van der Waals surface area contributed by atoms with Gasteiger partial charge in [-0.05, 0) is 6.42 Å². The summed E-state index contributed by atoms with van der Waals surface area (Å²) in [5.41, 5.74) is 0. The van der Waals surface area contributed by atoms with Crippen molar-refractivity contribution in [2.75, 3.05) is 13.1 Å². The van der Waals surface area contributed by atoms with Gasteiger partial charge in [0, 0.05) is 23.8 Å². The summed E-state index contributed by atoms with van der Waals surface area (Å²) in [4.78, 5) is 10.4. The molecular formula is C10H6ClF4NO4S. The van der Waals surface area contributed by atoms with Crippen molar-refractivity contribution in [3.63, 3.8) is 0 Å². The van der Waals surface area contributed by atoms with E-state index in [1.54, 1.807) is 0 Å². The molecule has 1 heterocycles. The molecule has 21 heavy (non-hydrogen) atoms. The first kappa shape index (κ1) is 15.8. The standard InChI is InChI=1S/C10H6ClF4NO4S/c11-21(18,19)9-6(14)4(12)8(5(13)7(9)15)20-10(17)16-2-1-3-16/h1-3H2. The van der Waals surface area contributed by atoms with Gasteiger partial charge in [-0.2, -0.15) is 8.78 Å². The van der Waals surface area contributed by atoms with Crippen molar-refractivity contribution in [1.29, 1.82) is 0 Å². The number of hydrogen-bond donors (Lipinski definition) is 0. The summed E-state index contributed by atoms with van der Waals surface area (Å²) >= 11 is 0. The van der Waals surface area contributed by atoms with E-state index < -0.39 is 49.1 Å². The third-order valence-electron chi connectivity index (χ3n) is 2.73. The van der Waals surface area contributed by atoms with E-state index in [0.717, 1.165) is 4.90 Å². The van der Waals surface area contributed by atoms with Gasteiger partial charge in [-0.3, -0.25) is 0 Å². The van der Waals surface area contributed by atoms with Gasteiger partial charge in [-0.15, -0.1) is 0 Å². The second-order valence-corrected chi connectivity index (χ2v) is 6.56. The maximum Gasteiger partial charge on any atom is 0.415 e. The third-order valence-corrected chi connectivity index (χ3v) is 4.04. The lowest BCUT2D eigenvalue weighted by atomic mass is 10.2. The number of amides is 1. The van der Waals surface area contributed by atoms with Crippen LogP contribution in [0.1, 0.15) is 6.42 Å². The van der Waals surface area contributed by atoms with E-state index in [1.807, 2.05) is 0 Å². The Bertz CT molecular complexity index is 691. The Hall–Kier alpha value is -1.55. The summed E-state index contributed by atoms with van der Waals surface area (Å²) < 4.78 is 80.2.